The highest BCUT2D eigenvalue weighted by atomic mass is 79.9. The fourth-order valence-corrected chi connectivity index (χ4v) is 2.87. The summed E-state index contributed by atoms with van der Waals surface area (Å²) < 4.78 is 6.43. The monoisotopic (exact) mass is 317 g/mol. The van der Waals surface area contributed by atoms with Gasteiger partial charge in [-0.15, -0.1) is 0 Å². The molecule has 0 saturated heterocycles. The highest BCUT2D eigenvalue weighted by molar-refractivity contribution is 9.10. The van der Waals surface area contributed by atoms with Gasteiger partial charge in [0.2, 0.25) is 0 Å². The molecule has 0 radical (unpaired) electrons. The Morgan fingerprint density at radius 3 is 3.00 bits per heavy atom. The summed E-state index contributed by atoms with van der Waals surface area (Å²) in [6.07, 6.45) is 3.86. The van der Waals surface area contributed by atoms with E-state index in [9.17, 15) is 0 Å². The Bertz CT molecular complexity index is 386. The van der Waals surface area contributed by atoms with E-state index in [0.717, 1.165) is 34.4 Å². The van der Waals surface area contributed by atoms with Crippen molar-refractivity contribution in [2.24, 2.45) is 0 Å². The standard InChI is InChI=1S/C13H17BrClNO/c1-17-12-4-3-11(7-12)16-8-9-6-10(14)2-5-13(9)15/h2,5-6,11-12,16H,3-4,7-8H2,1H3. The second kappa shape index (κ2) is 6.19. The Balaban J connectivity index is 1.88. The minimum atomic E-state index is 0.422. The molecule has 0 aliphatic heterocycles. The molecule has 2 rings (SSSR count). The molecule has 2 nitrogen and oxygen atoms in total. The average molecular weight is 319 g/mol. The van der Waals surface area contributed by atoms with Gasteiger partial charge in [-0.3, -0.25) is 0 Å². The van der Waals surface area contributed by atoms with Crippen LogP contribution >= 0.6 is 27.5 Å². The van der Waals surface area contributed by atoms with E-state index in [0.29, 0.717) is 12.1 Å². The lowest BCUT2D eigenvalue weighted by molar-refractivity contribution is 0.107. The van der Waals surface area contributed by atoms with Gasteiger partial charge in [-0.05, 0) is 43.0 Å². The Hall–Kier alpha value is -0.0900. The molecule has 0 heterocycles. The molecule has 2 atom stereocenters. The van der Waals surface area contributed by atoms with Crippen LogP contribution in [-0.4, -0.2) is 19.3 Å². The van der Waals surface area contributed by atoms with Crippen molar-refractivity contribution >= 4 is 27.5 Å². The van der Waals surface area contributed by atoms with E-state index >= 15 is 0 Å². The summed E-state index contributed by atoms with van der Waals surface area (Å²) >= 11 is 9.62. The number of hydrogen-bond donors (Lipinski definition) is 1. The smallest absolute Gasteiger partial charge is 0.0586 e. The largest absolute Gasteiger partial charge is 0.381 e. The van der Waals surface area contributed by atoms with Crippen molar-refractivity contribution in [3.8, 4) is 0 Å². The molecule has 4 heteroatoms. The molecule has 1 aliphatic carbocycles. The van der Waals surface area contributed by atoms with Crippen molar-refractivity contribution in [3.05, 3.63) is 33.3 Å². The van der Waals surface area contributed by atoms with Crippen LogP contribution < -0.4 is 5.32 Å². The van der Waals surface area contributed by atoms with E-state index in [2.05, 4.69) is 27.3 Å². The van der Waals surface area contributed by atoms with Crippen LogP contribution in [0.15, 0.2) is 22.7 Å². The van der Waals surface area contributed by atoms with Crippen LogP contribution in [-0.2, 0) is 11.3 Å². The number of methoxy groups -OCH3 is 1. The molecule has 17 heavy (non-hydrogen) atoms. The molecule has 1 N–H and O–H groups in total. The lowest BCUT2D eigenvalue weighted by atomic mass is 10.2. The zero-order chi connectivity index (χ0) is 12.3. The lowest BCUT2D eigenvalue weighted by Gasteiger charge is -2.13. The Kier molecular flexibility index (Phi) is 4.86. The minimum absolute atomic E-state index is 0.422. The molecule has 0 bridgehead atoms. The van der Waals surface area contributed by atoms with Crippen LogP contribution in [0.5, 0.6) is 0 Å². The van der Waals surface area contributed by atoms with Crippen LogP contribution in [0.4, 0.5) is 0 Å². The van der Waals surface area contributed by atoms with Gasteiger partial charge < -0.3 is 10.1 Å². The summed E-state index contributed by atoms with van der Waals surface area (Å²) in [4.78, 5) is 0. The number of ether oxygens (including phenoxy) is 1. The Labute approximate surface area is 116 Å². The molecule has 94 valence electrons. The fraction of sp³-hybridized carbons (Fsp3) is 0.538. The van der Waals surface area contributed by atoms with Crippen LogP contribution in [0.1, 0.15) is 24.8 Å². The first-order valence-corrected chi connectivity index (χ1v) is 7.06. The highest BCUT2D eigenvalue weighted by Gasteiger charge is 2.23. The Morgan fingerprint density at radius 2 is 2.29 bits per heavy atom. The maximum absolute atomic E-state index is 6.15. The van der Waals surface area contributed by atoms with Crippen LogP contribution in [0.3, 0.4) is 0 Å². The molecule has 0 spiro atoms. The van der Waals surface area contributed by atoms with E-state index in [4.69, 9.17) is 16.3 Å². The van der Waals surface area contributed by atoms with Crippen molar-refractivity contribution < 1.29 is 4.74 Å². The number of halogens is 2. The van der Waals surface area contributed by atoms with Crippen LogP contribution in [0.25, 0.3) is 0 Å². The van der Waals surface area contributed by atoms with Crippen molar-refractivity contribution in [1.29, 1.82) is 0 Å². The van der Waals surface area contributed by atoms with Crippen LogP contribution in [0, 0.1) is 0 Å². The third-order valence-corrected chi connectivity index (χ3v) is 4.17. The van der Waals surface area contributed by atoms with Gasteiger partial charge in [-0.25, -0.2) is 0 Å². The molecule has 1 saturated carbocycles. The molecule has 1 aliphatic rings. The number of benzene rings is 1. The molecule has 2 unspecified atom stereocenters. The summed E-state index contributed by atoms with van der Waals surface area (Å²) in [6, 6.07) is 6.50. The second-order valence-corrected chi connectivity index (χ2v) is 5.81. The van der Waals surface area contributed by atoms with Gasteiger partial charge in [0.05, 0.1) is 6.10 Å². The van der Waals surface area contributed by atoms with E-state index in [1.54, 1.807) is 7.11 Å². The van der Waals surface area contributed by atoms with Gasteiger partial charge in [0, 0.05) is 29.2 Å². The first-order valence-electron chi connectivity index (χ1n) is 5.89. The molecular weight excluding hydrogens is 302 g/mol. The minimum Gasteiger partial charge on any atom is -0.381 e. The van der Waals surface area contributed by atoms with E-state index < -0.39 is 0 Å². The number of rotatable bonds is 4. The summed E-state index contributed by atoms with van der Waals surface area (Å²) in [7, 11) is 1.79. The SMILES string of the molecule is COC1CCC(NCc2cc(Br)ccc2Cl)C1. The third-order valence-electron chi connectivity index (χ3n) is 3.31. The van der Waals surface area contributed by atoms with Crippen molar-refractivity contribution in [3.63, 3.8) is 0 Å². The van der Waals surface area contributed by atoms with Gasteiger partial charge in [0.15, 0.2) is 0 Å². The number of hydrogen-bond acceptors (Lipinski definition) is 2. The first kappa shape index (κ1) is 13.3. The molecule has 1 fully saturated rings. The zero-order valence-corrected chi connectivity index (χ0v) is 12.2. The molecule has 1 aromatic rings. The van der Waals surface area contributed by atoms with Gasteiger partial charge in [-0.2, -0.15) is 0 Å². The van der Waals surface area contributed by atoms with Crippen molar-refractivity contribution in [1.82, 2.24) is 5.32 Å². The lowest BCUT2D eigenvalue weighted by Crippen LogP contribution is -2.26. The van der Waals surface area contributed by atoms with Gasteiger partial charge >= 0.3 is 0 Å². The summed E-state index contributed by atoms with van der Waals surface area (Å²) in [6.45, 7) is 0.819. The van der Waals surface area contributed by atoms with Gasteiger partial charge in [0.1, 0.15) is 0 Å². The number of nitrogens with one attached hydrogen (secondary N) is 1. The summed E-state index contributed by atoms with van der Waals surface area (Å²) in [5, 5.41) is 4.37. The normalized spacial score (nSPS) is 24.2. The predicted molar refractivity (Wildman–Crippen MR) is 74.4 cm³/mol. The molecule has 0 amide bonds. The molecular formula is C13H17BrClNO. The predicted octanol–water partition coefficient (Wildman–Crippen LogP) is 3.76. The zero-order valence-electron chi connectivity index (χ0n) is 9.88. The van der Waals surface area contributed by atoms with E-state index in [1.807, 2.05) is 12.1 Å². The first-order chi connectivity index (χ1) is 8.19. The quantitative estimate of drug-likeness (QED) is 0.912. The highest BCUT2D eigenvalue weighted by Crippen LogP contribution is 2.24. The second-order valence-electron chi connectivity index (χ2n) is 4.48. The summed E-state index contributed by atoms with van der Waals surface area (Å²) in [5.41, 5.74) is 1.14. The topological polar surface area (TPSA) is 21.3 Å². The maximum Gasteiger partial charge on any atom is 0.0586 e. The molecule has 0 aromatic heterocycles. The van der Waals surface area contributed by atoms with Crippen molar-refractivity contribution in [2.75, 3.05) is 7.11 Å². The fourth-order valence-electron chi connectivity index (χ4n) is 2.27. The van der Waals surface area contributed by atoms with Crippen LogP contribution in [0.2, 0.25) is 5.02 Å². The van der Waals surface area contributed by atoms with E-state index in [-0.39, 0.29) is 0 Å². The summed E-state index contributed by atoms with van der Waals surface area (Å²) in [5.74, 6) is 0. The van der Waals surface area contributed by atoms with E-state index in [1.165, 1.54) is 6.42 Å². The Morgan fingerprint density at radius 1 is 1.47 bits per heavy atom. The average Bonchev–Trinajstić information content (AvgIpc) is 2.78. The third kappa shape index (κ3) is 3.68. The van der Waals surface area contributed by atoms with Gasteiger partial charge in [0.25, 0.3) is 0 Å². The van der Waals surface area contributed by atoms with Gasteiger partial charge in [-0.1, -0.05) is 27.5 Å². The maximum atomic E-state index is 6.15. The van der Waals surface area contributed by atoms with Crippen molar-refractivity contribution in [2.45, 2.75) is 38.0 Å². The molecule has 1 aromatic carbocycles.